The number of nitrogens with one attached hydrogen (secondary N) is 1. The van der Waals surface area contributed by atoms with Crippen LogP contribution in [0.25, 0.3) is 11.1 Å². The Labute approximate surface area is 149 Å². The largest absolute Gasteiger partial charge is 0.378 e. The van der Waals surface area contributed by atoms with Crippen molar-refractivity contribution in [2.75, 3.05) is 45.7 Å². The highest BCUT2D eigenvalue weighted by Crippen LogP contribution is 2.24. The van der Waals surface area contributed by atoms with Crippen molar-refractivity contribution >= 4 is 11.6 Å². The van der Waals surface area contributed by atoms with Gasteiger partial charge in [0, 0.05) is 50.8 Å². The lowest BCUT2D eigenvalue weighted by Gasteiger charge is -2.17. The van der Waals surface area contributed by atoms with E-state index in [-0.39, 0.29) is 5.91 Å². The van der Waals surface area contributed by atoms with Crippen molar-refractivity contribution in [3.05, 3.63) is 48.3 Å². The normalized spacial score (nSPS) is 16.9. The van der Waals surface area contributed by atoms with Crippen LogP contribution < -0.4 is 10.2 Å². The van der Waals surface area contributed by atoms with E-state index in [2.05, 4.69) is 39.5 Å². The van der Waals surface area contributed by atoms with E-state index in [1.807, 2.05) is 38.3 Å². The SMILES string of the molecule is CNCC1CCN(C(=O)c2cncc(-c3ccc(N(C)C)cc3)c2)C1. The Morgan fingerprint density at radius 2 is 2.00 bits per heavy atom. The third-order valence-corrected chi connectivity index (χ3v) is 4.77. The second-order valence-corrected chi connectivity index (χ2v) is 6.87. The zero-order chi connectivity index (χ0) is 17.8. The minimum absolute atomic E-state index is 0.0814. The van der Waals surface area contributed by atoms with Gasteiger partial charge in [-0.3, -0.25) is 9.78 Å². The molecule has 1 aromatic heterocycles. The van der Waals surface area contributed by atoms with Crippen molar-refractivity contribution in [2.45, 2.75) is 6.42 Å². The summed E-state index contributed by atoms with van der Waals surface area (Å²) in [6.45, 7) is 2.61. The summed E-state index contributed by atoms with van der Waals surface area (Å²) in [5.74, 6) is 0.626. The number of carbonyl (C=O) groups is 1. The number of amides is 1. The Balaban J connectivity index is 1.76. The maximum Gasteiger partial charge on any atom is 0.255 e. The first-order valence-corrected chi connectivity index (χ1v) is 8.75. The topological polar surface area (TPSA) is 48.5 Å². The summed E-state index contributed by atoms with van der Waals surface area (Å²) in [5, 5.41) is 3.20. The van der Waals surface area contributed by atoms with Gasteiger partial charge in [-0.05, 0) is 49.7 Å². The highest BCUT2D eigenvalue weighted by atomic mass is 16.2. The van der Waals surface area contributed by atoms with Gasteiger partial charge in [0.2, 0.25) is 0 Å². The van der Waals surface area contributed by atoms with Crippen LogP contribution in [0.1, 0.15) is 16.8 Å². The molecule has 0 spiro atoms. The van der Waals surface area contributed by atoms with Gasteiger partial charge in [0.1, 0.15) is 0 Å². The van der Waals surface area contributed by atoms with E-state index in [0.29, 0.717) is 11.5 Å². The molecule has 2 heterocycles. The van der Waals surface area contributed by atoms with Crippen molar-refractivity contribution in [3.63, 3.8) is 0 Å². The molecule has 132 valence electrons. The van der Waals surface area contributed by atoms with Gasteiger partial charge in [-0.2, -0.15) is 0 Å². The van der Waals surface area contributed by atoms with Gasteiger partial charge in [0.15, 0.2) is 0 Å². The molecular weight excluding hydrogens is 312 g/mol. The molecule has 1 aromatic carbocycles. The Morgan fingerprint density at radius 1 is 1.24 bits per heavy atom. The summed E-state index contributed by atoms with van der Waals surface area (Å²) in [7, 11) is 6.00. The first-order chi connectivity index (χ1) is 12.1. The molecule has 2 aromatic rings. The number of rotatable bonds is 5. The summed E-state index contributed by atoms with van der Waals surface area (Å²) in [4.78, 5) is 21.1. The number of benzene rings is 1. The summed E-state index contributed by atoms with van der Waals surface area (Å²) >= 11 is 0. The van der Waals surface area contributed by atoms with Gasteiger partial charge in [0.25, 0.3) is 5.91 Å². The summed E-state index contributed by atoms with van der Waals surface area (Å²) < 4.78 is 0. The number of pyridine rings is 1. The molecule has 1 saturated heterocycles. The highest BCUT2D eigenvalue weighted by Gasteiger charge is 2.26. The molecule has 1 N–H and O–H groups in total. The quantitative estimate of drug-likeness (QED) is 0.910. The van der Waals surface area contributed by atoms with E-state index < -0.39 is 0 Å². The maximum absolute atomic E-state index is 12.8. The first-order valence-electron chi connectivity index (χ1n) is 8.75. The van der Waals surface area contributed by atoms with Crippen molar-refractivity contribution in [1.82, 2.24) is 15.2 Å². The number of hydrogen-bond acceptors (Lipinski definition) is 4. The number of likely N-dealkylation sites (tertiary alicyclic amines) is 1. The smallest absolute Gasteiger partial charge is 0.255 e. The molecule has 25 heavy (non-hydrogen) atoms. The van der Waals surface area contributed by atoms with Crippen molar-refractivity contribution in [1.29, 1.82) is 0 Å². The molecule has 1 aliphatic heterocycles. The van der Waals surface area contributed by atoms with Crippen molar-refractivity contribution in [3.8, 4) is 11.1 Å². The molecule has 5 heteroatoms. The first kappa shape index (κ1) is 17.4. The van der Waals surface area contributed by atoms with Crippen LogP contribution in [0, 0.1) is 5.92 Å². The van der Waals surface area contributed by atoms with Gasteiger partial charge in [-0.15, -0.1) is 0 Å². The molecule has 5 nitrogen and oxygen atoms in total. The number of anilines is 1. The third-order valence-electron chi connectivity index (χ3n) is 4.77. The lowest BCUT2D eigenvalue weighted by Crippen LogP contribution is -2.30. The molecule has 0 aliphatic carbocycles. The second-order valence-electron chi connectivity index (χ2n) is 6.87. The van der Waals surface area contributed by atoms with Crippen LogP contribution in [0.3, 0.4) is 0 Å². The monoisotopic (exact) mass is 338 g/mol. The van der Waals surface area contributed by atoms with Crippen LogP contribution >= 0.6 is 0 Å². The van der Waals surface area contributed by atoms with Crippen LogP contribution in [-0.2, 0) is 0 Å². The number of nitrogens with zero attached hydrogens (tertiary/aromatic N) is 3. The predicted molar refractivity (Wildman–Crippen MR) is 102 cm³/mol. The van der Waals surface area contributed by atoms with Crippen LogP contribution in [0.15, 0.2) is 42.7 Å². The molecule has 0 bridgehead atoms. The molecular formula is C20H26N4O. The van der Waals surface area contributed by atoms with Gasteiger partial charge in [-0.25, -0.2) is 0 Å². The molecule has 0 saturated carbocycles. The standard InChI is InChI=1S/C20H26N4O/c1-21-11-15-8-9-24(14-15)20(25)18-10-17(12-22-13-18)16-4-6-19(7-5-16)23(2)3/h4-7,10,12-13,15,21H,8-9,11,14H2,1-3H3. The molecule has 1 aliphatic rings. The zero-order valence-corrected chi connectivity index (χ0v) is 15.2. The fourth-order valence-electron chi connectivity index (χ4n) is 3.32. The number of aromatic nitrogens is 1. The second kappa shape index (κ2) is 7.66. The maximum atomic E-state index is 12.8. The molecule has 0 radical (unpaired) electrons. The van der Waals surface area contributed by atoms with E-state index in [9.17, 15) is 4.79 Å². The van der Waals surface area contributed by atoms with Crippen LogP contribution in [0.5, 0.6) is 0 Å². The molecule has 1 unspecified atom stereocenters. The van der Waals surface area contributed by atoms with E-state index in [1.165, 1.54) is 0 Å². The van der Waals surface area contributed by atoms with Crippen LogP contribution in [0.2, 0.25) is 0 Å². The van der Waals surface area contributed by atoms with Gasteiger partial charge >= 0.3 is 0 Å². The summed E-state index contributed by atoms with van der Waals surface area (Å²) in [6, 6.07) is 10.2. The predicted octanol–water partition coefficient (Wildman–Crippen LogP) is 2.50. The number of hydrogen-bond donors (Lipinski definition) is 1. The van der Waals surface area contributed by atoms with Crippen LogP contribution in [0.4, 0.5) is 5.69 Å². The molecule has 1 fully saturated rings. The average Bonchev–Trinajstić information content (AvgIpc) is 3.10. The average molecular weight is 338 g/mol. The zero-order valence-electron chi connectivity index (χ0n) is 15.2. The molecule has 3 rings (SSSR count). The minimum Gasteiger partial charge on any atom is -0.378 e. The van der Waals surface area contributed by atoms with Gasteiger partial charge in [-0.1, -0.05) is 12.1 Å². The lowest BCUT2D eigenvalue weighted by molar-refractivity contribution is 0.0787. The molecule has 1 atom stereocenters. The Kier molecular flexibility index (Phi) is 5.34. The van der Waals surface area contributed by atoms with Gasteiger partial charge < -0.3 is 15.1 Å². The fourth-order valence-corrected chi connectivity index (χ4v) is 3.32. The van der Waals surface area contributed by atoms with Crippen LogP contribution in [-0.4, -0.2) is 56.6 Å². The number of carbonyl (C=O) groups excluding carboxylic acids is 1. The minimum atomic E-state index is 0.0814. The summed E-state index contributed by atoms with van der Waals surface area (Å²) in [6.07, 6.45) is 4.55. The van der Waals surface area contributed by atoms with E-state index in [0.717, 1.165) is 42.9 Å². The van der Waals surface area contributed by atoms with E-state index >= 15 is 0 Å². The fraction of sp³-hybridized carbons (Fsp3) is 0.400. The Bertz CT molecular complexity index is 727. The van der Waals surface area contributed by atoms with Crippen molar-refractivity contribution in [2.24, 2.45) is 5.92 Å². The molecule has 1 amide bonds. The summed E-state index contributed by atoms with van der Waals surface area (Å²) in [5.41, 5.74) is 3.86. The lowest BCUT2D eigenvalue weighted by atomic mass is 10.0. The van der Waals surface area contributed by atoms with Gasteiger partial charge in [0.05, 0.1) is 5.56 Å². The van der Waals surface area contributed by atoms with E-state index in [4.69, 9.17) is 0 Å². The third kappa shape index (κ3) is 3.99. The van der Waals surface area contributed by atoms with Crippen molar-refractivity contribution < 1.29 is 4.79 Å². The highest BCUT2D eigenvalue weighted by molar-refractivity contribution is 5.95. The Hall–Kier alpha value is -2.40. The van der Waals surface area contributed by atoms with E-state index in [1.54, 1.807) is 6.20 Å². The Morgan fingerprint density at radius 3 is 2.68 bits per heavy atom.